The molecule has 0 radical (unpaired) electrons. The van der Waals surface area contributed by atoms with Crippen molar-refractivity contribution in [2.24, 2.45) is 0 Å². The van der Waals surface area contributed by atoms with Crippen LogP contribution >= 0.6 is 0 Å². The average molecular weight is 403 g/mol. The Morgan fingerprint density at radius 3 is 3.07 bits per heavy atom. The van der Waals surface area contributed by atoms with E-state index in [2.05, 4.69) is 10.1 Å². The summed E-state index contributed by atoms with van der Waals surface area (Å²) in [5, 5.41) is 3.97. The Balaban J connectivity index is 1.44. The molecular formula is C20H25N3O6. The third-order valence-electron chi connectivity index (χ3n) is 4.90. The molecule has 4 rings (SSSR count). The number of morpholine rings is 1. The van der Waals surface area contributed by atoms with Gasteiger partial charge in [-0.3, -0.25) is 4.79 Å². The molecule has 0 N–H and O–H groups in total. The van der Waals surface area contributed by atoms with Crippen molar-refractivity contribution in [3.05, 3.63) is 35.5 Å². The van der Waals surface area contributed by atoms with E-state index in [0.717, 1.165) is 12.0 Å². The van der Waals surface area contributed by atoms with Gasteiger partial charge in [0.1, 0.15) is 18.2 Å². The molecule has 1 atom stereocenters. The Morgan fingerprint density at radius 2 is 2.24 bits per heavy atom. The van der Waals surface area contributed by atoms with Gasteiger partial charge < -0.3 is 28.4 Å². The average Bonchev–Trinajstić information content (AvgIpc) is 3.29. The van der Waals surface area contributed by atoms with Gasteiger partial charge in [-0.25, -0.2) is 0 Å². The van der Waals surface area contributed by atoms with Gasteiger partial charge in [0.15, 0.2) is 23.9 Å². The lowest BCUT2D eigenvalue weighted by Crippen LogP contribution is -2.45. The predicted molar refractivity (Wildman–Crippen MR) is 101 cm³/mol. The maximum Gasteiger partial charge on any atom is 0.261 e. The molecule has 9 nitrogen and oxygen atoms in total. The highest BCUT2D eigenvalue weighted by Gasteiger charge is 2.34. The molecule has 1 saturated heterocycles. The molecule has 9 heteroatoms. The number of ether oxygens (including phenoxy) is 4. The van der Waals surface area contributed by atoms with Crippen molar-refractivity contribution < 1.29 is 28.3 Å². The number of nitrogens with zero attached hydrogens (tertiary/aromatic N) is 3. The summed E-state index contributed by atoms with van der Waals surface area (Å²) in [6.45, 7) is 5.34. The van der Waals surface area contributed by atoms with E-state index < -0.39 is 6.04 Å². The normalized spacial score (nSPS) is 20.2. The fourth-order valence-corrected chi connectivity index (χ4v) is 3.63. The molecule has 2 aromatic rings. The van der Waals surface area contributed by atoms with Crippen molar-refractivity contribution in [1.82, 2.24) is 15.0 Å². The molecule has 156 valence electrons. The van der Waals surface area contributed by atoms with Gasteiger partial charge in [-0.15, -0.1) is 0 Å². The largest absolute Gasteiger partial charge is 0.483 e. The number of carbonyl (C=O) groups is 1. The molecule has 1 fully saturated rings. The molecule has 1 unspecified atom stereocenters. The van der Waals surface area contributed by atoms with Gasteiger partial charge in [-0.1, -0.05) is 17.3 Å². The summed E-state index contributed by atoms with van der Waals surface area (Å²) in [6.07, 6.45) is 0.806. The van der Waals surface area contributed by atoms with Crippen LogP contribution in [0, 0.1) is 0 Å². The molecule has 0 spiro atoms. The lowest BCUT2D eigenvalue weighted by Gasteiger charge is -2.33. The fourth-order valence-electron chi connectivity index (χ4n) is 3.63. The summed E-state index contributed by atoms with van der Waals surface area (Å²) in [4.78, 5) is 18.9. The molecule has 3 heterocycles. The number of rotatable bonds is 6. The third kappa shape index (κ3) is 4.20. The van der Waals surface area contributed by atoms with E-state index in [-0.39, 0.29) is 24.7 Å². The minimum Gasteiger partial charge on any atom is -0.483 e. The zero-order valence-corrected chi connectivity index (χ0v) is 16.8. The van der Waals surface area contributed by atoms with Gasteiger partial charge in [-0.05, 0) is 19.9 Å². The summed E-state index contributed by atoms with van der Waals surface area (Å²) in [5.41, 5.74) is 0.807. The van der Waals surface area contributed by atoms with Crippen LogP contribution in [-0.2, 0) is 27.3 Å². The lowest BCUT2D eigenvalue weighted by atomic mass is 10.0. The molecule has 0 saturated carbocycles. The summed E-state index contributed by atoms with van der Waals surface area (Å²) in [7, 11) is 1.55. The number of carbonyl (C=O) groups excluding carboxylic acids is 1. The number of fused-ring (bicyclic) bond motifs is 1. The Hall–Kier alpha value is -2.65. The minimum absolute atomic E-state index is 0.112. The highest BCUT2D eigenvalue weighted by Crippen LogP contribution is 2.41. The second kappa shape index (κ2) is 8.00. The topological polar surface area (TPSA) is 96.2 Å². The van der Waals surface area contributed by atoms with E-state index in [0.29, 0.717) is 43.0 Å². The van der Waals surface area contributed by atoms with Crippen molar-refractivity contribution in [2.75, 3.05) is 33.5 Å². The van der Waals surface area contributed by atoms with Crippen LogP contribution in [0.25, 0.3) is 0 Å². The first-order valence-corrected chi connectivity index (χ1v) is 9.59. The van der Waals surface area contributed by atoms with Crippen LogP contribution in [0.2, 0.25) is 0 Å². The summed E-state index contributed by atoms with van der Waals surface area (Å²) in [5.74, 6) is 1.87. The number of hydrogen-bond acceptors (Lipinski definition) is 8. The second-order valence-corrected chi connectivity index (χ2v) is 7.73. The molecule has 1 aromatic carbocycles. The maximum atomic E-state index is 12.9. The van der Waals surface area contributed by atoms with Gasteiger partial charge in [0.25, 0.3) is 11.8 Å². The van der Waals surface area contributed by atoms with Crippen molar-refractivity contribution in [3.63, 3.8) is 0 Å². The molecule has 1 amide bonds. The first kappa shape index (κ1) is 19.7. The van der Waals surface area contributed by atoms with Gasteiger partial charge >= 0.3 is 0 Å². The molecule has 2 aliphatic heterocycles. The highest BCUT2D eigenvalue weighted by atomic mass is 16.5. The van der Waals surface area contributed by atoms with Gasteiger partial charge in [0, 0.05) is 25.6 Å². The molecule has 0 aliphatic carbocycles. The predicted octanol–water partition coefficient (Wildman–Crippen LogP) is 1.91. The molecule has 0 bridgehead atoms. The van der Waals surface area contributed by atoms with Crippen LogP contribution in [0.15, 0.2) is 22.7 Å². The number of hydrogen-bond donors (Lipinski definition) is 0. The zero-order valence-electron chi connectivity index (χ0n) is 16.8. The van der Waals surface area contributed by atoms with Crippen LogP contribution in [0.1, 0.15) is 37.2 Å². The van der Waals surface area contributed by atoms with Gasteiger partial charge in [-0.2, -0.15) is 4.98 Å². The Labute approximate surface area is 168 Å². The number of benzene rings is 1. The minimum atomic E-state index is -0.425. The molecule has 2 aliphatic rings. The monoisotopic (exact) mass is 403 g/mol. The lowest BCUT2D eigenvalue weighted by molar-refractivity contribution is -0.142. The van der Waals surface area contributed by atoms with Crippen molar-refractivity contribution in [2.45, 2.75) is 38.5 Å². The summed E-state index contributed by atoms with van der Waals surface area (Å²) >= 11 is 0. The van der Waals surface area contributed by atoms with Crippen LogP contribution in [0.3, 0.4) is 0 Å². The molecule has 29 heavy (non-hydrogen) atoms. The van der Waals surface area contributed by atoms with Crippen molar-refractivity contribution in [1.29, 1.82) is 0 Å². The number of methoxy groups -OCH3 is 1. The number of aromatic nitrogens is 2. The van der Waals surface area contributed by atoms with Gasteiger partial charge in [0.05, 0.1) is 13.2 Å². The van der Waals surface area contributed by atoms with Crippen molar-refractivity contribution in [3.8, 4) is 11.5 Å². The quantitative estimate of drug-likeness (QED) is 0.722. The molecular weight excluding hydrogens is 378 g/mol. The summed E-state index contributed by atoms with van der Waals surface area (Å²) in [6, 6.07) is 5.33. The Bertz CT molecular complexity index is 881. The fraction of sp³-hybridized carbons (Fsp3) is 0.550. The van der Waals surface area contributed by atoms with E-state index in [1.54, 1.807) is 12.0 Å². The molecule has 1 aromatic heterocycles. The Morgan fingerprint density at radius 1 is 1.38 bits per heavy atom. The second-order valence-electron chi connectivity index (χ2n) is 7.73. The van der Waals surface area contributed by atoms with Crippen molar-refractivity contribution >= 4 is 5.91 Å². The standard InChI is InChI=1S/C20H25N3O6/c1-20(2)9-13-5-4-6-15(18(13)28-20)27-12-17(24)23-7-8-26-10-14(23)19-21-16(11-25-3)29-22-19/h4-6,14H,7-12H2,1-3H3. The van der Waals surface area contributed by atoms with Crippen LogP contribution in [0.5, 0.6) is 11.5 Å². The maximum absolute atomic E-state index is 12.9. The smallest absolute Gasteiger partial charge is 0.261 e. The first-order valence-electron chi connectivity index (χ1n) is 9.59. The van der Waals surface area contributed by atoms with Crippen LogP contribution in [0.4, 0.5) is 0 Å². The van der Waals surface area contributed by atoms with E-state index in [4.69, 9.17) is 23.5 Å². The Kier molecular flexibility index (Phi) is 5.42. The highest BCUT2D eigenvalue weighted by molar-refractivity contribution is 5.78. The van der Waals surface area contributed by atoms with E-state index >= 15 is 0 Å². The summed E-state index contributed by atoms with van der Waals surface area (Å²) < 4.78 is 27.5. The van der Waals surface area contributed by atoms with E-state index in [1.165, 1.54) is 0 Å². The van der Waals surface area contributed by atoms with Crippen LogP contribution < -0.4 is 9.47 Å². The van der Waals surface area contributed by atoms with Gasteiger partial charge in [0.2, 0.25) is 0 Å². The first-order chi connectivity index (χ1) is 14.0. The van der Waals surface area contributed by atoms with E-state index in [1.807, 2.05) is 32.0 Å². The third-order valence-corrected chi connectivity index (χ3v) is 4.90. The van der Waals surface area contributed by atoms with E-state index in [9.17, 15) is 4.79 Å². The number of para-hydroxylation sites is 1. The zero-order chi connectivity index (χ0) is 20.4. The number of amides is 1. The van der Waals surface area contributed by atoms with Crippen LogP contribution in [-0.4, -0.2) is 60.0 Å². The SMILES string of the molecule is COCc1nc(C2COCCN2C(=O)COc2cccc3c2OC(C)(C)C3)no1.